The highest BCUT2D eigenvalue weighted by atomic mass is 16.2. The summed E-state index contributed by atoms with van der Waals surface area (Å²) in [6, 6.07) is 26.0. The molecule has 0 bridgehead atoms. The van der Waals surface area contributed by atoms with Crippen LogP contribution >= 0.6 is 0 Å². The molecule has 6 heterocycles. The number of piperidine rings is 3. The van der Waals surface area contributed by atoms with E-state index in [1.54, 1.807) is 0 Å². The van der Waals surface area contributed by atoms with Crippen LogP contribution in [0.1, 0.15) is 205 Å². The monoisotopic (exact) mass is 1080 g/mol. The Kier molecular flexibility index (Phi) is 21.0. The first-order chi connectivity index (χ1) is 38.5. The maximum Gasteiger partial charge on any atom is 0.336 e. The summed E-state index contributed by atoms with van der Waals surface area (Å²) in [4.78, 5) is 71.5. The molecule has 0 atom stereocenters. The fourth-order valence-corrected chi connectivity index (χ4v) is 14.9. The van der Waals surface area contributed by atoms with E-state index in [0.717, 1.165) is 166 Å². The number of hydrogen-bond donors (Lipinski definition) is 3. The summed E-state index contributed by atoms with van der Waals surface area (Å²) < 4.78 is 7.13. The molecule has 3 aliphatic heterocycles. The van der Waals surface area contributed by atoms with Crippen LogP contribution in [0.5, 0.6) is 0 Å². The van der Waals surface area contributed by atoms with Gasteiger partial charge >= 0.3 is 17.1 Å². The van der Waals surface area contributed by atoms with E-state index >= 15 is 0 Å². The zero-order valence-electron chi connectivity index (χ0n) is 48.5. The van der Waals surface area contributed by atoms with E-state index in [4.69, 9.17) is 0 Å². The Morgan fingerprint density at radius 3 is 1.25 bits per heavy atom. The summed E-state index contributed by atoms with van der Waals surface area (Å²) in [6.07, 6.45) is 29.3. The highest BCUT2D eigenvalue weighted by Crippen LogP contribution is 2.36. The van der Waals surface area contributed by atoms with Crippen molar-refractivity contribution in [2.45, 2.75) is 212 Å². The molecular weight excluding hydrogens is 987 g/mol. The molecule has 12 rings (SSSR count). The van der Waals surface area contributed by atoms with E-state index in [1.807, 2.05) is 80.4 Å². The van der Waals surface area contributed by atoms with Gasteiger partial charge in [0, 0.05) is 76.2 Å². The van der Waals surface area contributed by atoms with Gasteiger partial charge in [-0.25, -0.2) is 19.0 Å². The predicted octanol–water partition coefficient (Wildman–Crippen LogP) is 12.6. The minimum absolute atomic E-state index is 0.0214. The maximum absolute atomic E-state index is 13.0. The zero-order chi connectivity index (χ0) is 55.3. The fourth-order valence-electron chi connectivity index (χ4n) is 14.9. The largest absolute Gasteiger partial charge is 0.336 e. The minimum atomic E-state index is -0.207. The van der Waals surface area contributed by atoms with Crippen molar-refractivity contribution < 1.29 is 9.59 Å². The van der Waals surface area contributed by atoms with E-state index < -0.39 is 0 Å². The van der Waals surface area contributed by atoms with E-state index in [9.17, 15) is 24.0 Å². The number of fused-ring (bicyclic) bond motifs is 3. The van der Waals surface area contributed by atoms with Crippen molar-refractivity contribution in [1.29, 1.82) is 0 Å². The Hall–Kier alpha value is -5.31. The van der Waals surface area contributed by atoms with Crippen molar-refractivity contribution in [2.24, 2.45) is 17.8 Å². The average molecular weight is 1080 g/mol. The summed E-state index contributed by atoms with van der Waals surface area (Å²) >= 11 is 0. The van der Waals surface area contributed by atoms with Gasteiger partial charge in [0.2, 0.25) is 5.91 Å². The number of benzene rings is 3. The molecule has 3 N–H and O–H groups in total. The zero-order valence-corrected chi connectivity index (χ0v) is 48.5. The van der Waals surface area contributed by atoms with Crippen molar-refractivity contribution in [1.82, 2.24) is 43.4 Å². The molecule has 6 fully saturated rings. The van der Waals surface area contributed by atoms with Gasteiger partial charge in [0.1, 0.15) is 5.78 Å². The van der Waals surface area contributed by atoms with Crippen LogP contribution in [-0.4, -0.2) is 101 Å². The van der Waals surface area contributed by atoms with E-state index in [1.165, 1.54) is 101 Å². The van der Waals surface area contributed by atoms with Crippen molar-refractivity contribution in [3.8, 4) is 0 Å². The van der Waals surface area contributed by atoms with Gasteiger partial charge in [-0.2, -0.15) is 0 Å². The van der Waals surface area contributed by atoms with Crippen LogP contribution in [0.4, 0.5) is 0 Å². The van der Waals surface area contributed by atoms with Crippen LogP contribution < -0.4 is 22.4 Å². The van der Waals surface area contributed by atoms with Gasteiger partial charge in [-0.1, -0.05) is 95.7 Å². The number of likely N-dealkylation sites (tertiary alicyclic amines) is 2. The number of rotatable bonds is 11. The van der Waals surface area contributed by atoms with Gasteiger partial charge in [-0.05, 0) is 170 Å². The van der Waals surface area contributed by atoms with E-state index in [2.05, 4.69) is 51.9 Å². The number of hydrogen-bond acceptors (Lipinski definition) is 8. The van der Waals surface area contributed by atoms with Crippen LogP contribution in [0.25, 0.3) is 33.1 Å². The number of carbonyl (C=O) groups is 2. The highest BCUT2D eigenvalue weighted by molar-refractivity contribution is 5.89. The Morgan fingerprint density at radius 1 is 0.443 bits per heavy atom. The number of carbonyl (C=O) groups excluding carboxylic acids is 2. The van der Waals surface area contributed by atoms with Gasteiger partial charge in [0.25, 0.3) is 0 Å². The van der Waals surface area contributed by atoms with E-state index in [-0.39, 0.29) is 29.0 Å². The van der Waals surface area contributed by atoms with Crippen LogP contribution in [-0.2, 0) is 4.79 Å². The lowest BCUT2D eigenvalue weighted by Gasteiger charge is -2.41. The molecule has 0 spiro atoms. The summed E-state index contributed by atoms with van der Waals surface area (Å²) in [7, 11) is 0. The van der Waals surface area contributed by atoms with Crippen molar-refractivity contribution >= 4 is 44.8 Å². The maximum atomic E-state index is 13.0. The summed E-state index contributed by atoms with van der Waals surface area (Å²) in [5, 5.41) is 3.32. The first-order valence-corrected chi connectivity index (χ1v) is 31.4. The minimum Gasteiger partial charge on any atom is -0.317 e. The number of H-pyrrole nitrogens is 2. The Bertz CT molecular complexity index is 3040. The fraction of sp³-hybridized carbons (Fsp3) is 0.646. The van der Waals surface area contributed by atoms with Gasteiger partial charge < -0.3 is 25.1 Å². The van der Waals surface area contributed by atoms with Gasteiger partial charge in [-0.3, -0.25) is 23.3 Å². The first kappa shape index (κ1) is 58.3. The molecule has 3 saturated heterocycles. The summed E-state index contributed by atoms with van der Waals surface area (Å²) in [5.41, 5.74) is 5.51. The van der Waals surface area contributed by atoms with Crippen LogP contribution in [0.3, 0.4) is 0 Å². The lowest BCUT2D eigenvalue weighted by Crippen LogP contribution is -2.44. The Balaban J connectivity index is 0.000000135. The molecule has 14 heteroatoms. The van der Waals surface area contributed by atoms with Crippen molar-refractivity contribution in [3.63, 3.8) is 0 Å². The number of para-hydroxylation sites is 6. The molecule has 14 nitrogen and oxygen atoms in total. The Morgan fingerprint density at radius 2 is 0.823 bits per heavy atom. The molecule has 430 valence electrons. The molecule has 3 aliphatic carbocycles. The van der Waals surface area contributed by atoms with Crippen LogP contribution in [0, 0.1) is 17.8 Å². The molecule has 3 aromatic carbocycles. The molecule has 0 radical (unpaired) electrons. The third kappa shape index (κ3) is 14.4. The number of ketones is 1. The standard InChI is InChI=1S/C23H33N3O2.C21H31N3O.C12H15N3O.C9H16O/c1-3-6-18-9-11-19(12-10-18)24-15-13-20(14-16-24)26-22-8-5-4-7-21(22)25(17(2)27)23(26)28;1-2-5-16-8-10-17(11-9-16)23-14-12-18(13-15-23)24-20-7-4-3-6-19(20)22-21(24)25;16-12-14-10-3-1-2-4-11(10)15(12)9-5-7-13-8-6-9;1-2-3-8-4-6-9(10)7-5-8/h4-5,7-8,18-20H,3,6,9-16H2,1-2H3;3-4,6-7,16-18H,2,5,8-15H2,1H3,(H,22,25);1-4,9,13H,5-8H2,(H,14,16);8H,2-7H2,1H3. The average Bonchev–Trinajstić information content (AvgIpc) is 4.19. The van der Waals surface area contributed by atoms with Gasteiger partial charge in [-0.15, -0.1) is 0 Å². The number of Topliss-reactive ketones (excluding diaryl/α,β-unsaturated/α-hetero) is 1. The van der Waals surface area contributed by atoms with Crippen LogP contribution in [0.15, 0.2) is 87.2 Å². The molecular formula is C65H95N9O5. The molecule has 6 aromatic rings. The van der Waals surface area contributed by atoms with Crippen molar-refractivity contribution in [3.05, 3.63) is 104 Å². The first-order valence-electron chi connectivity index (χ1n) is 31.4. The SMILES string of the molecule is CCCC1CCC(=O)CC1.CCCC1CCC(N2CCC(n3c(=O)[nH]c4ccccc43)CC2)CC1.CCCC1CCC(N2CCC(n3c(=O)n(C(C)=O)c4ccccc43)CC2)CC1.O=c1[nH]c2ccccc2n1C1CCNCC1. The Labute approximate surface area is 469 Å². The lowest BCUT2D eigenvalue weighted by molar-refractivity contribution is -0.121. The predicted molar refractivity (Wildman–Crippen MR) is 322 cm³/mol. The highest BCUT2D eigenvalue weighted by Gasteiger charge is 2.33. The molecule has 0 amide bonds. The topological polar surface area (TPSA) is 155 Å². The second-order valence-electron chi connectivity index (χ2n) is 24.3. The third-order valence-corrected chi connectivity index (χ3v) is 19.2. The number of nitrogens with one attached hydrogen (secondary N) is 3. The molecule has 3 aromatic heterocycles. The molecule has 79 heavy (non-hydrogen) atoms. The second-order valence-corrected chi connectivity index (χ2v) is 24.3. The normalized spacial score (nSPS) is 23.4. The smallest absolute Gasteiger partial charge is 0.317 e. The van der Waals surface area contributed by atoms with Crippen molar-refractivity contribution in [2.75, 3.05) is 39.3 Å². The second kappa shape index (κ2) is 28.4. The summed E-state index contributed by atoms with van der Waals surface area (Å²) in [5.74, 6) is 3.05. The molecule has 3 saturated carbocycles. The number of aromatic amines is 2. The number of aromatic nitrogens is 6. The van der Waals surface area contributed by atoms with Gasteiger partial charge in [0.05, 0.1) is 33.1 Å². The quantitative estimate of drug-likeness (QED) is 0.116. The number of imidazole rings is 3. The number of nitrogens with zero attached hydrogens (tertiary/aromatic N) is 6. The van der Waals surface area contributed by atoms with Gasteiger partial charge in [0.15, 0.2) is 0 Å². The van der Waals surface area contributed by atoms with E-state index in [0.29, 0.717) is 17.9 Å². The molecule has 6 aliphatic rings. The molecule has 0 unspecified atom stereocenters. The van der Waals surface area contributed by atoms with Crippen LogP contribution in [0.2, 0.25) is 0 Å². The third-order valence-electron chi connectivity index (χ3n) is 19.2. The lowest BCUT2D eigenvalue weighted by atomic mass is 9.82. The summed E-state index contributed by atoms with van der Waals surface area (Å²) in [6.45, 7) is 14.7.